The van der Waals surface area contributed by atoms with Gasteiger partial charge in [0, 0.05) is 44.3 Å². The summed E-state index contributed by atoms with van der Waals surface area (Å²) in [5, 5.41) is 3.16. The number of para-hydroxylation sites is 1. The molecule has 3 nitrogen and oxygen atoms in total. The Bertz CT molecular complexity index is 747. The van der Waals surface area contributed by atoms with Crippen molar-refractivity contribution in [3.63, 3.8) is 0 Å². The van der Waals surface area contributed by atoms with Crippen molar-refractivity contribution in [2.24, 2.45) is 0 Å². The third-order valence-corrected chi connectivity index (χ3v) is 2.93. The van der Waals surface area contributed by atoms with Gasteiger partial charge in [-0.25, -0.2) is 0 Å². The minimum absolute atomic E-state index is 0. The summed E-state index contributed by atoms with van der Waals surface area (Å²) in [4.78, 5) is 4.34. The Labute approximate surface area is 110 Å². The average molecular weight is 399 g/mol. The van der Waals surface area contributed by atoms with Crippen LogP contribution in [0, 0.1) is 6.26 Å². The first-order chi connectivity index (χ1) is 7.95. The molecule has 0 aliphatic heterocycles. The summed E-state index contributed by atoms with van der Waals surface area (Å²) in [5.41, 5.74) is 2.03. The Hall–Kier alpha value is -1.64. The van der Waals surface area contributed by atoms with Gasteiger partial charge in [0.05, 0.1) is 5.65 Å². The maximum atomic E-state index is 5.17. The van der Waals surface area contributed by atoms with Crippen LogP contribution >= 0.6 is 0 Å². The van der Waals surface area contributed by atoms with E-state index in [1.807, 2.05) is 18.3 Å². The molecule has 1 aromatic carbocycles. The molecule has 4 rings (SSSR count). The second-order valence-corrected chi connectivity index (χ2v) is 3.76. The number of aromatic nitrogens is 2. The number of hydrogen-bond acceptors (Lipinski definition) is 2. The van der Waals surface area contributed by atoms with Gasteiger partial charge in [-0.05, 0) is 17.7 Å². The van der Waals surface area contributed by atoms with E-state index >= 15 is 0 Å². The predicted molar refractivity (Wildman–Crippen MR) is 61.3 cm³/mol. The van der Waals surface area contributed by atoms with Gasteiger partial charge in [-0.3, -0.25) is 4.98 Å². The van der Waals surface area contributed by atoms with E-state index in [0.717, 1.165) is 27.3 Å². The van der Waals surface area contributed by atoms with E-state index in [-0.39, 0.29) is 20.1 Å². The van der Waals surface area contributed by atoms with Gasteiger partial charge in [0.15, 0.2) is 0 Å². The first-order valence-electron chi connectivity index (χ1n) is 5.08. The molecule has 3 heterocycles. The van der Waals surface area contributed by atoms with Gasteiger partial charge in [0.2, 0.25) is 0 Å². The number of benzene rings is 1. The summed E-state index contributed by atoms with van der Waals surface area (Å²) < 4.78 is 7.23. The summed E-state index contributed by atoms with van der Waals surface area (Å²) >= 11 is 0. The SMILES string of the molecule is [Ir].[c-]1occ2c1c1nccn1c1ccccc21. The van der Waals surface area contributed by atoms with Crippen LogP contribution in [0.5, 0.6) is 0 Å². The van der Waals surface area contributed by atoms with E-state index in [1.165, 1.54) is 0 Å². The van der Waals surface area contributed by atoms with E-state index < -0.39 is 0 Å². The van der Waals surface area contributed by atoms with Crippen LogP contribution < -0.4 is 0 Å². The van der Waals surface area contributed by atoms with Crippen molar-refractivity contribution >= 4 is 27.3 Å². The van der Waals surface area contributed by atoms with E-state index in [4.69, 9.17) is 4.42 Å². The largest absolute Gasteiger partial charge is 0.564 e. The fourth-order valence-corrected chi connectivity index (χ4v) is 2.22. The van der Waals surface area contributed by atoms with Crippen LogP contribution in [0.3, 0.4) is 0 Å². The Morgan fingerprint density at radius 2 is 2.06 bits per heavy atom. The standard InChI is InChI=1S/C13H7N2O.Ir/c1-2-4-12-9(3-1)10-7-16-8-11(10)13-14-5-6-15(12)13;/h1-7H;/q-1;. The molecule has 4 aromatic rings. The molecule has 1 radical (unpaired) electrons. The molecule has 0 amide bonds. The van der Waals surface area contributed by atoms with Crippen LogP contribution in [0.2, 0.25) is 0 Å². The topological polar surface area (TPSA) is 30.4 Å². The molecule has 0 N–H and O–H groups in total. The smallest absolute Gasteiger partial charge is 0.0632 e. The number of imidazole rings is 1. The molecule has 0 aliphatic rings. The molecule has 0 aliphatic carbocycles. The van der Waals surface area contributed by atoms with Gasteiger partial charge in [-0.15, -0.1) is 0 Å². The number of nitrogens with zero attached hydrogens (tertiary/aromatic N) is 2. The van der Waals surface area contributed by atoms with Crippen LogP contribution in [0.4, 0.5) is 0 Å². The van der Waals surface area contributed by atoms with Crippen LogP contribution in [0.1, 0.15) is 0 Å². The normalized spacial score (nSPS) is 11.1. The van der Waals surface area contributed by atoms with Gasteiger partial charge in [0.25, 0.3) is 0 Å². The van der Waals surface area contributed by atoms with Gasteiger partial charge in [0.1, 0.15) is 0 Å². The van der Waals surface area contributed by atoms with Crippen LogP contribution in [0.25, 0.3) is 27.3 Å². The van der Waals surface area contributed by atoms with Gasteiger partial charge in [-0.1, -0.05) is 29.0 Å². The fourth-order valence-electron chi connectivity index (χ4n) is 2.22. The molecule has 0 saturated heterocycles. The third kappa shape index (κ3) is 1.28. The molecule has 0 fully saturated rings. The molecular weight excluding hydrogens is 392 g/mol. The van der Waals surface area contributed by atoms with Crippen molar-refractivity contribution in [3.05, 3.63) is 49.2 Å². The van der Waals surface area contributed by atoms with Gasteiger partial charge < -0.3 is 8.82 Å². The molecule has 0 bridgehead atoms. The number of furan rings is 1. The summed E-state index contributed by atoms with van der Waals surface area (Å²) in [5.74, 6) is 0. The molecule has 0 unspecified atom stereocenters. The first-order valence-corrected chi connectivity index (χ1v) is 5.08. The van der Waals surface area contributed by atoms with Crippen molar-refractivity contribution in [3.8, 4) is 0 Å². The van der Waals surface area contributed by atoms with Gasteiger partial charge >= 0.3 is 0 Å². The zero-order valence-corrected chi connectivity index (χ0v) is 11.1. The number of fused-ring (bicyclic) bond motifs is 6. The Kier molecular flexibility index (Phi) is 2.28. The Morgan fingerprint density at radius 1 is 1.18 bits per heavy atom. The molecule has 4 heteroatoms. The predicted octanol–water partition coefficient (Wildman–Crippen LogP) is 3.03. The maximum Gasteiger partial charge on any atom is 0.0632 e. The van der Waals surface area contributed by atoms with Crippen LogP contribution in [-0.4, -0.2) is 9.38 Å². The van der Waals surface area contributed by atoms with Crippen molar-refractivity contribution in [2.75, 3.05) is 0 Å². The van der Waals surface area contributed by atoms with E-state index in [0.29, 0.717) is 0 Å². The van der Waals surface area contributed by atoms with E-state index in [9.17, 15) is 0 Å². The monoisotopic (exact) mass is 400 g/mol. The fraction of sp³-hybridized carbons (Fsp3) is 0. The molecule has 0 saturated carbocycles. The first kappa shape index (κ1) is 10.5. The summed E-state index contributed by atoms with van der Waals surface area (Å²) in [7, 11) is 0. The Morgan fingerprint density at radius 3 is 3.00 bits per heavy atom. The number of pyridine rings is 1. The minimum atomic E-state index is 0. The van der Waals surface area contributed by atoms with Crippen molar-refractivity contribution < 1.29 is 24.5 Å². The maximum absolute atomic E-state index is 5.17. The minimum Gasteiger partial charge on any atom is -0.564 e. The average Bonchev–Trinajstić information content (AvgIpc) is 2.98. The third-order valence-electron chi connectivity index (χ3n) is 2.93. The second-order valence-electron chi connectivity index (χ2n) is 3.76. The summed E-state index contributed by atoms with van der Waals surface area (Å²) in [6, 6.07) is 8.21. The van der Waals surface area contributed by atoms with Gasteiger partial charge in [-0.2, -0.15) is 0 Å². The Balaban J connectivity index is 0.000000902. The quantitative estimate of drug-likeness (QED) is 0.426. The molecule has 85 valence electrons. The van der Waals surface area contributed by atoms with E-state index in [1.54, 1.807) is 12.5 Å². The number of rotatable bonds is 0. The summed E-state index contributed by atoms with van der Waals surface area (Å²) in [6.07, 6.45) is 8.36. The molecule has 17 heavy (non-hydrogen) atoms. The van der Waals surface area contributed by atoms with Crippen LogP contribution in [0.15, 0.2) is 47.3 Å². The molecule has 3 aromatic heterocycles. The molecule has 0 atom stereocenters. The van der Waals surface area contributed by atoms with Crippen molar-refractivity contribution in [1.29, 1.82) is 0 Å². The second kappa shape index (κ2) is 3.69. The van der Waals surface area contributed by atoms with E-state index in [2.05, 4.69) is 27.8 Å². The number of hydrogen-bond donors (Lipinski definition) is 0. The van der Waals surface area contributed by atoms with Crippen molar-refractivity contribution in [1.82, 2.24) is 9.38 Å². The zero-order chi connectivity index (χ0) is 10.5. The molecule has 0 spiro atoms. The zero-order valence-electron chi connectivity index (χ0n) is 8.68. The van der Waals surface area contributed by atoms with Crippen molar-refractivity contribution in [2.45, 2.75) is 0 Å². The van der Waals surface area contributed by atoms with Crippen LogP contribution in [-0.2, 0) is 20.1 Å². The molecular formula is C13H7IrN2O-. The summed E-state index contributed by atoms with van der Waals surface area (Å²) in [6.45, 7) is 0.